The van der Waals surface area contributed by atoms with Gasteiger partial charge in [0.05, 0.1) is 0 Å². The van der Waals surface area contributed by atoms with E-state index in [1.807, 2.05) is 18.2 Å². The fraction of sp³-hybridized carbons (Fsp3) is 0.600. The Morgan fingerprint density at radius 2 is 1.95 bits per heavy atom. The molecule has 19 heavy (non-hydrogen) atoms. The Hall–Kier alpha value is -0.280. The summed E-state index contributed by atoms with van der Waals surface area (Å²) >= 11 is 12.4. The minimum Gasteiger partial charge on any atom is -0.330 e. The van der Waals surface area contributed by atoms with Crippen LogP contribution < -0.4 is 5.73 Å². The lowest BCUT2D eigenvalue weighted by molar-refractivity contribution is 0.148. The summed E-state index contributed by atoms with van der Waals surface area (Å²) in [5, 5.41) is 1.49. The van der Waals surface area contributed by atoms with Gasteiger partial charge >= 0.3 is 0 Å². The molecule has 1 aromatic rings. The standard InChI is InChI=1S/C15H24Cl2N2/c1-5-19(10-15(3,4)9-18)11(2)13-8-12(16)6-7-14(13)17/h6-8,11H,5,9-10,18H2,1-4H3. The molecule has 0 aliphatic carbocycles. The Labute approximate surface area is 126 Å². The van der Waals surface area contributed by atoms with Crippen LogP contribution in [0.3, 0.4) is 0 Å². The Morgan fingerprint density at radius 1 is 1.32 bits per heavy atom. The van der Waals surface area contributed by atoms with Gasteiger partial charge in [-0.2, -0.15) is 0 Å². The first-order valence-corrected chi connectivity index (χ1v) is 7.45. The molecule has 0 aliphatic rings. The molecule has 1 atom stereocenters. The zero-order valence-corrected chi connectivity index (χ0v) is 13.7. The molecule has 0 heterocycles. The molecular weight excluding hydrogens is 279 g/mol. The van der Waals surface area contributed by atoms with Crippen molar-refractivity contribution in [1.82, 2.24) is 4.90 Å². The highest BCUT2D eigenvalue weighted by atomic mass is 35.5. The molecule has 0 radical (unpaired) electrons. The molecule has 0 aliphatic heterocycles. The second-order valence-corrected chi connectivity index (χ2v) is 6.62. The van der Waals surface area contributed by atoms with E-state index in [0.29, 0.717) is 6.54 Å². The minimum atomic E-state index is 0.0926. The smallest absolute Gasteiger partial charge is 0.0454 e. The monoisotopic (exact) mass is 302 g/mol. The Balaban J connectivity index is 2.95. The molecule has 0 bridgehead atoms. The van der Waals surface area contributed by atoms with Crippen molar-refractivity contribution < 1.29 is 0 Å². The highest BCUT2D eigenvalue weighted by Gasteiger charge is 2.24. The number of rotatable bonds is 6. The molecule has 0 amide bonds. The maximum absolute atomic E-state index is 6.29. The third kappa shape index (κ3) is 4.64. The van der Waals surface area contributed by atoms with Gasteiger partial charge < -0.3 is 5.73 Å². The molecule has 1 unspecified atom stereocenters. The number of hydrogen-bond acceptors (Lipinski definition) is 2. The molecule has 0 saturated carbocycles. The van der Waals surface area contributed by atoms with Crippen molar-refractivity contribution in [2.75, 3.05) is 19.6 Å². The van der Waals surface area contributed by atoms with Gasteiger partial charge in [0.25, 0.3) is 0 Å². The summed E-state index contributed by atoms with van der Waals surface area (Å²) in [5.74, 6) is 0. The lowest BCUT2D eigenvalue weighted by Crippen LogP contribution is -2.40. The number of benzene rings is 1. The second-order valence-electron chi connectivity index (χ2n) is 5.77. The maximum atomic E-state index is 6.29. The predicted octanol–water partition coefficient (Wildman–Crippen LogP) is 4.36. The first kappa shape index (κ1) is 16.8. The SMILES string of the molecule is CCN(CC(C)(C)CN)C(C)c1cc(Cl)ccc1Cl. The summed E-state index contributed by atoms with van der Waals surface area (Å²) in [6, 6.07) is 5.85. The van der Waals surface area contributed by atoms with Crippen molar-refractivity contribution in [3.63, 3.8) is 0 Å². The molecule has 1 aromatic carbocycles. The largest absolute Gasteiger partial charge is 0.330 e. The molecule has 108 valence electrons. The van der Waals surface area contributed by atoms with Crippen LogP contribution in [0.5, 0.6) is 0 Å². The van der Waals surface area contributed by atoms with Gasteiger partial charge in [-0.05, 0) is 49.2 Å². The third-order valence-corrected chi connectivity index (χ3v) is 4.13. The van der Waals surface area contributed by atoms with Crippen LogP contribution in [0, 0.1) is 5.41 Å². The summed E-state index contributed by atoms with van der Waals surface area (Å²) in [6.07, 6.45) is 0. The van der Waals surface area contributed by atoms with Crippen molar-refractivity contribution in [3.05, 3.63) is 33.8 Å². The van der Waals surface area contributed by atoms with Crippen LogP contribution in [0.15, 0.2) is 18.2 Å². The van der Waals surface area contributed by atoms with E-state index >= 15 is 0 Å². The molecule has 0 saturated heterocycles. The van der Waals surface area contributed by atoms with Crippen LogP contribution in [0.25, 0.3) is 0 Å². The van der Waals surface area contributed by atoms with Crippen molar-refractivity contribution in [2.24, 2.45) is 11.1 Å². The molecule has 0 aromatic heterocycles. The van der Waals surface area contributed by atoms with Gasteiger partial charge in [-0.1, -0.05) is 44.0 Å². The van der Waals surface area contributed by atoms with Gasteiger partial charge in [-0.3, -0.25) is 4.90 Å². The quantitative estimate of drug-likeness (QED) is 0.846. The van der Waals surface area contributed by atoms with Crippen LogP contribution in [0.4, 0.5) is 0 Å². The molecule has 4 heteroatoms. The van der Waals surface area contributed by atoms with E-state index in [1.54, 1.807) is 0 Å². The van der Waals surface area contributed by atoms with E-state index in [0.717, 1.165) is 28.7 Å². The van der Waals surface area contributed by atoms with E-state index in [1.165, 1.54) is 0 Å². The summed E-state index contributed by atoms with van der Waals surface area (Å²) < 4.78 is 0. The molecule has 2 N–H and O–H groups in total. The van der Waals surface area contributed by atoms with E-state index in [9.17, 15) is 0 Å². The first-order chi connectivity index (χ1) is 8.80. The highest BCUT2D eigenvalue weighted by Crippen LogP contribution is 2.31. The van der Waals surface area contributed by atoms with Gasteiger partial charge in [0.1, 0.15) is 0 Å². The van der Waals surface area contributed by atoms with E-state index in [4.69, 9.17) is 28.9 Å². The summed E-state index contributed by atoms with van der Waals surface area (Å²) in [6.45, 7) is 11.2. The fourth-order valence-electron chi connectivity index (χ4n) is 2.17. The van der Waals surface area contributed by atoms with Crippen molar-refractivity contribution in [3.8, 4) is 0 Å². The Kier molecular flexibility index (Phi) is 6.13. The predicted molar refractivity (Wildman–Crippen MR) is 85.0 cm³/mol. The lowest BCUT2D eigenvalue weighted by Gasteiger charge is -2.35. The zero-order chi connectivity index (χ0) is 14.6. The molecule has 0 fully saturated rings. The normalized spacial score (nSPS) is 13.9. The van der Waals surface area contributed by atoms with Crippen LogP contribution in [-0.2, 0) is 0 Å². The van der Waals surface area contributed by atoms with Gasteiger partial charge in [0, 0.05) is 22.6 Å². The molecule has 0 spiro atoms. The van der Waals surface area contributed by atoms with Crippen molar-refractivity contribution in [1.29, 1.82) is 0 Å². The van der Waals surface area contributed by atoms with Crippen molar-refractivity contribution in [2.45, 2.75) is 33.7 Å². The summed E-state index contributed by atoms with van der Waals surface area (Å²) in [7, 11) is 0. The number of nitrogens with zero attached hydrogens (tertiary/aromatic N) is 1. The zero-order valence-electron chi connectivity index (χ0n) is 12.2. The van der Waals surface area contributed by atoms with Crippen molar-refractivity contribution >= 4 is 23.2 Å². The van der Waals surface area contributed by atoms with Gasteiger partial charge in [0.2, 0.25) is 0 Å². The third-order valence-electron chi connectivity index (χ3n) is 3.55. The average Bonchev–Trinajstić information content (AvgIpc) is 2.38. The van der Waals surface area contributed by atoms with Crippen LogP contribution in [0.2, 0.25) is 10.0 Å². The van der Waals surface area contributed by atoms with Gasteiger partial charge in [-0.15, -0.1) is 0 Å². The maximum Gasteiger partial charge on any atom is 0.0454 e. The topological polar surface area (TPSA) is 29.3 Å². The van der Waals surface area contributed by atoms with Crippen LogP contribution in [0.1, 0.15) is 39.3 Å². The molecule has 1 rings (SSSR count). The second kappa shape index (κ2) is 6.94. The summed E-state index contributed by atoms with van der Waals surface area (Å²) in [4.78, 5) is 2.38. The molecular formula is C15H24Cl2N2. The van der Waals surface area contributed by atoms with E-state index in [-0.39, 0.29) is 11.5 Å². The number of halogens is 2. The lowest BCUT2D eigenvalue weighted by atomic mass is 9.92. The van der Waals surface area contributed by atoms with E-state index in [2.05, 4.69) is 32.6 Å². The Bertz CT molecular complexity index is 419. The van der Waals surface area contributed by atoms with E-state index < -0.39 is 0 Å². The molecule has 2 nitrogen and oxygen atoms in total. The van der Waals surface area contributed by atoms with Crippen LogP contribution in [-0.4, -0.2) is 24.5 Å². The first-order valence-electron chi connectivity index (χ1n) is 6.70. The van der Waals surface area contributed by atoms with Gasteiger partial charge in [0.15, 0.2) is 0 Å². The summed E-state index contributed by atoms with van der Waals surface area (Å²) in [5.41, 5.74) is 6.99. The Morgan fingerprint density at radius 3 is 2.47 bits per heavy atom. The van der Waals surface area contributed by atoms with Crippen LogP contribution >= 0.6 is 23.2 Å². The minimum absolute atomic E-state index is 0.0926. The van der Waals surface area contributed by atoms with Gasteiger partial charge in [-0.25, -0.2) is 0 Å². The number of nitrogens with two attached hydrogens (primary N) is 1. The fourth-order valence-corrected chi connectivity index (χ4v) is 2.62. The average molecular weight is 303 g/mol. The number of hydrogen-bond donors (Lipinski definition) is 1. The highest BCUT2D eigenvalue weighted by molar-refractivity contribution is 6.33.